The van der Waals surface area contributed by atoms with Crippen molar-refractivity contribution in [1.29, 1.82) is 0 Å². The van der Waals surface area contributed by atoms with Crippen molar-refractivity contribution < 1.29 is 9.59 Å². The van der Waals surface area contributed by atoms with Crippen molar-refractivity contribution >= 4 is 11.8 Å². The van der Waals surface area contributed by atoms with Crippen LogP contribution in [-0.2, 0) is 16.0 Å². The minimum atomic E-state index is -0.810. The summed E-state index contributed by atoms with van der Waals surface area (Å²) < 4.78 is 0. The molecule has 204 valence electrons. The molecule has 0 aromatic heterocycles. The van der Waals surface area contributed by atoms with Gasteiger partial charge in [-0.2, -0.15) is 0 Å². The minimum Gasteiger partial charge on any atom is -0.342 e. The molecule has 2 aliphatic rings. The Labute approximate surface area is 233 Å². The highest BCUT2D eigenvalue weighted by Crippen LogP contribution is 2.37. The maximum absolute atomic E-state index is 14.2. The van der Waals surface area contributed by atoms with E-state index in [1.54, 1.807) is 0 Å². The molecule has 3 aromatic rings. The van der Waals surface area contributed by atoms with Crippen LogP contribution in [0.15, 0.2) is 91.0 Å². The van der Waals surface area contributed by atoms with E-state index in [1.165, 1.54) is 16.7 Å². The molecule has 1 spiro atoms. The van der Waals surface area contributed by atoms with Crippen LogP contribution in [0.4, 0.5) is 0 Å². The molecule has 5 heteroatoms. The maximum Gasteiger partial charge on any atom is 0.246 e. The van der Waals surface area contributed by atoms with Gasteiger partial charge in [-0.15, -0.1) is 0 Å². The highest BCUT2D eigenvalue weighted by atomic mass is 16.2. The summed E-state index contributed by atoms with van der Waals surface area (Å²) in [6, 6.07) is 30.9. The number of amides is 2. The van der Waals surface area contributed by atoms with Crippen molar-refractivity contribution in [3.63, 3.8) is 0 Å². The Balaban J connectivity index is 1.42. The van der Waals surface area contributed by atoms with E-state index in [-0.39, 0.29) is 17.7 Å². The van der Waals surface area contributed by atoms with Crippen LogP contribution < -0.4 is 5.32 Å². The van der Waals surface area contributed by atoms with Crippen molar-refractivity contribution in [3.05, 3.63) is 108 Å². The third-order valence-corrected chi connectivity index (χ3v) is 8.53. The Kier molecular flexibility index (Phi) is 8.47. The number of carbonyl (C=O) groups excluding carboxylic acids is 2. The van der Waals surface area contributed by atoms with Crippen LogP contribution >= 0.6 is 0 Å². The van der Waals surface area contributed by atoms with Crippen LogP contribution in [0.5, 0.6) is 0 Å². The first-order valence-corrected chi connectivity index (χ1v) is 14.4. The van der Waals surface area contributed by atoms with Gasteiger partial charge in [0.1, 0.15) is 11.6 Å². The van der Waals surface area contributed by atoms with Gasteiger partial charge in [0.05, 0.1) is 0 Å². The lowest BCUT2D eigenvalue weighted by molar-refractivity contribution is -0.161. The molecule has 3 aromatic carbocycles. The molecule has 0 aliphatic carbocycles. The van der Waals surface area contributed by atoms with Gasteiger partial charge in [0.15, 0.2) is 0 Å². The number of likely N-dealkylation sites (tertiary alicyclic amines) is 1. The quantitative estimate of drug-likeness (QED) is 0.416. The average molecular weight is 524 g/mol. The number of piperazine rings is 1. The van der Waals surface area contributed by atoms with E-state index in [0.717, 1.165) is 26.1 Å². The molecule has 2 amide bonds. The molecule has 1 atom stereocenters. The molecule has 39 heavy (non-hydrogen) atoms. The largest absolute Gasteiger partial charge is 0.342 e. The summed E-state index contributed by atoms with van der Waals surface area (Å²) in [5, 5.41) is 3.16. The fraction of sp³-hybridized carbons (Fsp3) is 0.412. The lowest BCUT2D eigenvalue weighted by atomic mass is 9.79. The standard InChI is InChI=1S/C34H41N3O2/c1-26(2)24-31-32(38)37(25-30(28-14-8-4-9-15-28)29-16-10-5-11-17-29)34(33(39)35-31)19-22-36(23-20-34)21-18-27-12-6-3-7-13-27/h3-17,26,30-31H,18-25H2,1-2H3,(H,35,39). The van der Waals surface area contributed by atoms with Gasteiger partial charge in [0.25, 0.3) is 0 Å². The summed E-state index contributed by atoms with van der Waals surface area (Å²) in [5.41, 5.74) is 2.85. The first kappa shape index (κ1) is 27.1. The highest BCUT2D eigenvalue weighted by Gasteiger charge is 2.54. The zero-order valence-corrected chi connectivity index (χ0v) is 23.3. The highest BCUT2D eigenvalue weighted by molar-refractivity contribution is 6.00. The number of nitrogens with one attached hydrogen (secondary N) is 1. The lowest BCUT2D eigenvalue weighted by Gasteiger charge is -2.52. The first-order chi connectivity index (χ1) is 19.0. The predicted octanol–water partition coefficient (Wildman–Crippen LogP) is 5.27. The van der Waals surface area contributed by atoms with Crippen LogP contribution in [0.2, 0.25) is 0 Å². The van der Waals surface area contributed by atoms with E-state index in [2.05, 4.69) is 96.9 Å². The Morgan fingerprint density at radius 3 is 1.90 bits per heavy atom. The number of rotatable bonds is 9. The Hall–Kier alpha value is -3.44. The Morgan fingerprint density at radius 2 is 1.36 bits per heavy atom. The van der Waals surface area contributed by atoms with Gasteiger partial charge in [0.2, 0.25) is 11.8 Å². The number of nitrogens with zero attached hydrogens (tertiary/aromatic N) is 2. The van der Waals surface area contributed by atoms with Crippen LogP contribution in [0.3, 0.4) is 0 Å². The van der Waals surface area contributed by atoms with Crippen molar-refractivity contribution in [2.75, 3.05) is 26.2 Å². The van der Waals surface area contributed by atoms with Gasteiger partial charge in [-0.3, -0.25) is 9.59 Å². The number of piperidine rings is 1. The van der Waals surface area contributed by atoms with E-state index in [1.807, 2.05) is 23.1 Å². The van der Waals surface area contributed by atoms with E-state index < -0.39 is 11.6 Å². The second-order valence-corrected chi connectivity index (χ2v) is 11.6. The number of carbonyl (C=O) groups is 2. The summed E-state index contributed by atoms with van der Waals surface area (Å²) in [6.07, 6.45) is 2.96. The molecule has 2 fully saturated rings. The van der Waals surface area contributed by atoms with Crippen LogP contribution in [0, 0.1) is 5.92 Å². The molecular weight excluding hydrogens is 482 g/mol. The van der Waals surface area contributed by atoms with Crippen LogP contribution in [0.25, 0.3) is 0 Å². The molecule has 2 heterocycles. The van der Waals surface area contributed by atoms with E-state index in [4.69, 9.17) is 0 Å². The SMILES string of the molecule is CC(C)CC1NC(=O)C2(CCN(CCc3ccccc3)CC2)N(CC(c2ccccc2)c2ccccc2)C1=O. The zero-order chi connectivity index (χ0) is 27.2. The normalized spacial score (nSPS) is 19.6. The molecule has 2 saturated heterocycles. The fourth-order valence-electron chi connectivity index (χ4n) is 6.30. The molecule has 0 radical (unpaired) electrons. The van der Waals surface area contributed by atoms with Gasteiger partial charge < -0.3 is 15.1 Å². The molecule has 2 aliphatic heterocycles. The summed E-state index contributed by atoms with van der Waals surface area (Å²) >= 11 is 0. The molecular formula is C34H41N3O2. The molecule has 1 unspecified atom stereocenters. The number of benzene rings is 3. The average Bonchev–Trinajstić information content (AvgIpc) is 2.97. The monoisotopic (exact) mass is 523 g/mol. The van der Waals surface area contributed by atoms with Crippen LogP contribution in [-0.4, -0.2) is 59.4 Å². The molecule has 5 nitrogen and oxygen atoms in total. The third kappa shape index (κ3) is 6.09. The second kappa shape index (κ2) is 12.2. The summed E-state index contributed by atoms with van der Waals surface area (Å²) in [4.78, 5) is 32.5. The fourth-order valence-corrected chi connectivity index (χ4v) is 6.30. The number of hydrogen-bond donors (Lipinski definition) is 1. The van der Waals surface area contributed by atoms with E-state index in [9.17, 15) is 9.59 Å². The lowest BCUT2D eigenvalue weighted by Crippen LogP contribution is -2.73. The summed E-state index contributed by atoms with van der Waals surface area (Å²) in [6.45, 7) is 7.29. The van der Waals surface area contributed by atoms with Gasteiger partial charge >= 0.3 is 0 Å². The second-order valence-electron chi connectivity index (χ2n) is 11.6. The maximum atomic E-state index is 14.2. The van der Waals surface area contributed by atoms with Gasteiger partial charge in [-0.05, 0) is 48.3 Å². The van der Waals surface area contributed by atoms with Crippen molar-refractivity contribution in [2.45, 2.75) is 57.0 Å². The molecule has 0 bridgehead atoms. The van der Waals surface area contributed by atoms with Crippen molar-refractivity contribution in [3.8, 4) is 0 Å². The number of hydrogen-bond acceptors (Lipinski definition) is 3. The molecule has 0 saturated carbocycles. The molecule has 5 rings (SSSR count). The first-order valence-electron chi connectivity index (χ1n) is 14.4. The zero-order valence-electron chi connectivity index (χ0n) is 23.3. The van der Waals surface area contributed by atoms with Crippen LogP contribution in [0.1, 0.15) is 55.7 Å². The topological polar surface area (TPSA) is 52.7 Å². The summed E-state index contributed by atoms with van der Waals surface area (Å²) in [5.74, 6) is 0.400. The predicted molar refractivity (Wildman–Crippen MR) is 156 cm³/mol. The minimum absolute atomic E-state index is 0.00469. The summed E-state index contributed by atoms with van der Waals surface area (Å²) in [7, 11) is 0. The Bertz CT molecular complexity index is 1180. The van der Waals surface area contributed by atoms with Gasteiger partial charge in [-0.25, -0.2) is 0 Å². The van der Waals surface area contributed by atoms with Gasteiger partial charge in [0, 0.05) is 32.1 Å². The third-order valence-electron chi connectivity index (χ3n) is 8.53. The molecule has 1 N–H and O–H groups in total. The van der Waals surface area contributed by atoms with E-state index >= 15 is 0 Å². The smallest absolute Gasteiger partial charge is 0.246 e. The van der Waals surface area contributed by atoms with Crippen molar-refractivity contribution in [1.82, 2.24) is 15.1 Å². The Morgan fingerprint density at radius 1 is 0.821 bits per heavy atom. The van der Waals surface area contributed by atoms with Gasteiger partial charge in [-0.1, -0.05) is 105 Å². The van der Waals surface area contributed by atoms with E-state index in [0.29, 0.717) is 31.7 Å². The van der Waals surface area contributed by atoms with Crippen molar-refractivity contribution in [2.24, 2.45) is 5.92 Å².